The van der Waals surface area contributed by atoms with E-state index in [0.717, 1.165) is 5.56 Å². The Kier molecular flexibility index (Phi) is 5.51. The molecule has 0 fully saturated rings. The van der Waals surface area contributed by atoms with Crippen molar-refractivity contribution >= 4 is 5.78 Å². The third-order valence-corrected chi connectivity index (χ3v) is 5.11. The molecule has 0 bridgehead atoms. The Morgan fingerprint density at radius 3 is 2.24 bits per heavy atom. The van der Waals surface area contributed by atoms with E-state index in [9.17, 15) is 4.79 Å². The molecule has 5 rings (SSSR count). The average Bonchev–Trinajstić information content (AvgIpc) is 3.50. The first kappa shape index (κ1) is 20.4. The van der Waals surface area contributed by atoms with Crippen molar-refractivity contribution in [1.82, 2.24) is 15.4 Å². The van der Waals surface area contributed by atoms with E-state index in [-0.39, 0.29) is 12.4 Å². The molecule has 0 spiro atoms. The first-order chi connectivity index (χ1) is 16.2. The zero-order valence-electron chi connectivity index (χ0n) is 17.8. The van der Waals surface area contributed by atoms with Gasteiger partial charge in [-0.15, -0.1) is 10.2 Å². The molecule has 2 aromatic heterocycles. The molecular formula is C26H19N3O4. The Morgan fingerprint density at radius 1 is 0.848 bits per heavy atom. The number of nitrogens with zero attached hydrogens (tertiary/aromatic N) is 3. The lowest BCUT2D eigenvalue weighted by atomic mass is 10.0. The molecule has 0 aliphatic carbocycles. The molecule has 0 aliphatic heterocycles. The Morgan fingerprint density at radius 2 is 1.52 bits per heavy atom. The van der Waals surface area contributed by atoms with Crippen LogP contribution in [0, 0.1) is 6.92 Å². The molecule has 0 radical (unpaired) electrons. The van der Waals surface area contributed by atoms with Gasteiger partial charge in [-0.3, -0.25) is 4.79 Å². The number of carbonyl (C=O) groups is 1. The molecule has 5 aromatic rings. The molecule has 0 saturated heterocycles. The highest BCUT2D eigenvalue weighted by molar-refractivity contribution is 6.08. The van der Waals surface area contributed by atoms with Crippen LogP contribution in [-0.4, -0.2) is 21.1 Å². The normalized spacial score (nSPS) is 10.8. The fourth-order valence-corrected chi connectivity index (χ4v) is 3.43. The topological polar surface area (TPSA) is 91.3 Å². The SMILES string of the molecule is Cc1onc(-c2ccccc2)c1-c1nnc(COc2ccc(C(=O)c3ccccc3)cc2)o1. The zero-order chi connectivity index (χ0) is 22.6. The van der Waals surface area contributed by atoms with Gasteiger partial charge in [0.25, 0.3) is 11.8 Å². The van der Waals surface area contributed by atoms with Crippen LogP contribution in [0.2, 0.25) is 0 Å². The number of ketones is 1. The lowest BCUT2D eigenvalue weighted by molar-refractivity contribution is 0.103. The maximum atomic E-state index is 12.5. The van der Waals surface area contributed by atoms with E-state index >= 15 is 0 Å². The van der Waals surface area contributed by atoms with E-state index in [0.29, 0.717) is 45.7 Å². The number of hydrogen-bond donors (Lipinski definition) is 0. The summed E-state index contributed by atoms with van der Waals surface area (Å²) in [6.07, 6.45) is 0. The lowest BCUT2D eigenvalue weighted by Gasteiger charge is -2.05. The number of aryl methyl sites for hydroxylation is 1. The average molecular weight is 437 g/mol. The zero-order valence-corrected chi connectivity index (χ0v) is 17.8. The van der Waals surface area contributed by atoms with Crippen LogP contribution in [0.25, 0.3) is 22.7 Å². The molecule has 0 amide bonds. The maximum Gasteiger partial charge on any atom is 0.254 e. The van der Waals surface area contributed by atoms with Gasteiger partial charge in [-0.2, -0.15) is 0 Å². The summed E-state index contributed by atoms with van der Waals surface area (Å²) in [6.45, 7) is 1.89. The van der Waals surface area contributed by atoms with E-state index in [1.807, 2.05) is 48.5 Å². The van der Waals surface area contributed by atoms with Crippen LogP contribution < -0.4 is 4.74 Å². The molecule has 7 heteroatoms. The predicted octanol–water partition coefficient (Wildman–Crippen LogP) is 5.51. The highest BCUT2D eigenvalue weighted by atomic mass is 16.5. The largest absolute Gasteiger partial charge is 0.484 e. The van der Waals surface area contributed by atoms with Crippen LogP contribution in [0.15, 0.2) is 93.9 Å². The summed E-state index contributed by atoms with van der Waals surface area (Å²) in [5.41, 5.74) is 3.42. The number of benzene rings is 3. The third kappa shape index (κ3) is 4.29. The quantitative estimate of drug-likeness (QED) is 0.310. The lowest BCUT2D eigenvalue weighted by Crippen LogP contribution is -2.01. The van der Waals surface area contributed by atoms with Gasteiger partial charge in [0.05, 0.1) is 0 Å². The van der Waals surface area contributed by atoms with Crippen molar-refractivity contribution < 1.29 is 18.5 Å². The van der Waals surface area contributed by atoms with Crippen molar-refractivity contribution in [3.05, 3.63) is 108 Å². The van der Waals surface area contributed by atoms with Crippen LogP contribution in [0.4, 0.5) is 0 Å². The van der Waals surface area contributed by atoms with Crippen LogP contribution in [0.5, 0.6) is 5.75 Å². The van der Waals surface area contributed by atoms with Gasteiger partial charge in [-0.25, -0.2) is 0 Å². The number of rotatable bonds is 7. The van der Waals surface area contributed by atoms with Gasteiger partial charge >= 0.3 is 0 Å². The second-order valence-corrected chi connectivity index (χ2v) is 7.34. The summed E-state index contributed by atoms with van der Waals surface area (Å²) in [4.78, 5) is 12.5. The highest BCUT2D eigenvalue weighted by Gasteiger charge is 2.22. The Balaban J connectivity index is 1.28. The van der Waals surface area contributed by atoms with Crippen LogP contribution in [0.3, 0.4) is 0 Å². The first-order valence-electron chi connectivity index (χ1n) is 10.4. The predicted molar refractivity (Wildman–Crippen MR) is 121 cm³/mol. The minimum atomic E-state index is -0.0398. The van der Waals surface area contributed by atoms with Gasteiger partial charge in [-0.1, -0.05) is 65.8 Å². The van der Waals surface area contributed by atoms with Gasteiger partial charge < -0.3 is 13.7 Å². The molecular weight excluding hydrogens is 418 g/mol. The molecule has 0 aliphatic rings. The van der Waals surface area contributed by atoms with Crippen molar-refractivity contribution in [1.29, 1.82) is 0 Å². The number of hydrogen-bond acceptors (Lipinski definition) is 7. The summed E-state index contributed by atoms with van der Waals surface area (Å²) in [5.74, 6) is 1.76. The molecule has 0 atom stereocenters. The smallest absolute Gasteiger partial charge is 0.254 e. The molecule has 3 aromatic carbocycles. The van der Waals surface area contributed by atoms with Gasteiger partial charge in [0.1, 0.15) is 22.8 Å². The highest BCUT2D eigenvalue weighted by Crippen LogP contribution is 2.33. The van der Waals surface area contributed by atoms with Gasteiger partial charge in [0.15, 0.2) is 12.4 Å². The molecule has 0 N–H and O–H groups in total. The van der Waals surface area contributed by atoms with Crippen LogP contribution in [0.1, 0.15) is 27.6 Å². The van der Waals surface area contributed by atoms with Gasteiger partial charge in [0.2, 0.25) is 0 Å². The van der Waals surface area contributed by atoms with Crippen molar-refractivity contribution in [3.63, 3.8) is 0 Å². The molecule has 162 valence electrons. The fraction of sp³-hybridized carbons (Fsp3) is 0.0769. The van der Waals surface area contributed by atoms with Crippen molar-refractivity contribution in [2.75, 3.05) is 0 Å². The standard InChI is InChI=1S/C26H19N3O4/c1-17-23(24(29-33-17)18-8-4-2-5-9-18)26-28-27-22(32-26)16-31-21-14-12-20(13-15-21)25(30)19-10-6-3-7-11-19/h2-15H,16H2,1H3. The number of aromatic nitrogens is 3. The summed E-state index contributed by atoms with van der Waals surface area (Å²) in [7, 11) is 0. The number of ether oxygens (including phenoxy) is 1. The van der Waals surface area contributed by atoms with Crippen LogP contribution >= 0.6 is 0 Å². The molecule has 0 saturated carbocycles. The fourth-order valence-electron chi connectivity index (χ4n) is 3.43. The van der Waals surface area contributed by atoms with E-state index < -0.39 is 0 Å². The molecule has 33 heavy (non-hydrogen) atoms. The summed E-state index contributed by atoms with van der Waals surface area (Å²) < 4.78 is 16.9. The monoisotopic (exact) mass is 437 g/mol. The Hall–Kier alpha value is -4.52. The van der Waals surface area contributed by atoms with E-state index in [4.69, 9.17) is 13.7 Å². The number of carbonyl (C=O) groups excluding carboxylic acids is 1. The van der Waals surface area contributed by atoms with E-state index in [1.165, 1.54) is 0 Å². The minimum absolute atomic E-state index is 0.0398. The second kappa shape index (κ2) is 8.92. The summed E-state index contributed by atoms with van der Waals surface area (Å²) >= 11 is 0. The summed E-state index contributed by atoms with van der Waals surface area (Å²) in [6, 6.07) is 25.8. The maximum absolute atomic E-state index is 12.5. The van der Waals surface area contributed by atoms with Crippen molar-refractivity contribution in [3.8, 4) is 28.5 Å². The van der Waals surface area contributed by atoms with Crippen LogP contribution in [-0.2, 0) is 6.61 Å². The molecule has 0 unspecified atom stereocenters. The third-order valence-electron chi connectivity index (χ3n) is 5.11. The van der Waals surface area contributed by atoms with Gasteiger partial charge in [0, 0.05) is 16.7 Å². The summed E-state index contributed by atoms with van der Waals surface area (Å²) in [5, 5.41) is 12.4. The van der Waals surface area contributed by atoms with Crippen molar-refractivity contribution in [2.45, 2.75) is 13.5 Å². The minimum Gasteiger partial charge on any atom is -0.484 e. The van der Waals surface area contributed by atoms with Gasteiger partial charge in [-0.05, 0) is 31.2 Å². The van der Waals surface area contributed by atoms with Crippen molar-refractivity contribution in [2.24, 2.45) is 0 Å². The van der Waals surface area contributed by atoms with E-state index in [2.05, 4.69) is 15.4 Å². The molecule has 2 heterocycles. The Labute approximate surface area is 189 Å². The first-order valence-corrected chi connectivity index (χ1v) is 10.4. The second-order valence-electron chi connectivity index (χ2n) is 7.34. The molecule has 7 nitrogen and oxygen atoms in total. The van der Waals surface area contributed by atoms with E-state index in [1.54, 1.807) is 43.3 Å². The Bertz CT molecular complexity index is 1370.